The second kappa shape index (κ2) is 6.14. The van der Waals surface area contributed by atoms with Crippen LogP contribution in [0.4, 0.5) is 5.82 Å². The summed E-state index contributed by atoms with van der Waals surface area (Å²) >= 11 is 5.94. The summed E-state index contributed by atoms with van der Waals surface area (Å²) in [4.78, 5) is 12.7. The number of nitrogens with one attached hydrogen (secondary N) is 1. The number of rotatable bonds is 4. The average molecular weight is 356 g/mol. The minimum Gasteiger partial charge on any atom is -0.463 e. The molecule has 0 spiro atoms. The Morgan fingerprint density at radius 3 is 2.76 bits per heavy atom. The smallest absolute Gasteiger partial charge is 0.273 e. The van der Waals surface area contributed by atoms with Crippen molar-refractivity contribution in [1.82, 2.24) is 9.72 Å². The molecule has 126 valence electrons. The van der Waals surface area contributed by atoms with Crippen molar-refractivity contribution in [3.8, 4) is 0 Å². The minimum absolute atomic E-state index is 0.284. The van der Waals surface area contributed by atoms with Crippen LogP contribution in [0.2, 0.25) is 5.02 Å². The second-order valence-corrected chi connectivity index (χ2v) is 6.13. The van der Waals surface area contributed by atoms with Crippen LogP contribution in [0.25, 0.3) is 11.1 Å². The van der Waals surface area contributed by atoms with E-state index in [2.05, 4.69) is 10.5 Å². The van der Waals surface area contributed by atoms with Gasteiger partial charge in [-0.15, -0.1) is 0 Å². The summed E-state index contributed by atoms with van der Waals surface area (Å²) in [6, 6.07) is 12.7. The molecule has 0 aliphatic carbocycles. The van der Waals surface area contributed by atoms with Gasteiger partial charge in [-0.2, -0.15) is 0 Å². The van der Waals surface area contributed by atoms with E-state index in [9.17, 15) is 4.79 Å². The molecule has 6 nitrogen and oxygen atoms in total. The molecular weight excluding hydrogens is 342 g/mol. The lowest BCUT2D eigenvalue weighted by Gasteiger charge is -2.10. The molecule has 3 heterocycles. The van der Waals surface area contributed by atoms with Crippen LogP contribution < -0.4 is 5.32 Å². The number of nitrogens with zero attached hydrogens (tertiary/aromatic N) is 2. The number of hydrogen-bond acceptors (Lipinski definition) is 4. The van der Waals surface area contributed by atoms with Crippen molar-refractivity contribution in [3.63, 3.8) is 0 Å². The third kappa shape index (κ3) is 3.04. The van der Waals surface area contributed by atoms with E-state index >= 15 is 0 Å². The highest BCUT2D eigenvalue weighted by Gasteiger charge is 2.19. The van der Waals surface area contributed by atoms with E-state index < -0.39 is 0 Å². The molecule has 0 radical (unpaired) electrons. The Bertz CT molecular complexity index is 1040. The van der Waals surface area contributed by atoms with Gasteiger partial charge in [0, 0.05) is 29.8 Å². The number of amides is 1. The number of fused-ring (bicyclic) bond motifs is 1. The zero-order valence-corrected chi connectivity index (χ0v) is 14.1. The number of anilines is 1. The van der Waals surface area contributed by atoms with Crippen LogP contribution in [0.1, 0.15) is 21.8 Å². The molecule has 4 rings (SSSR count). The predicted octanol–water partition coefficient (Wildman–Crippen LogP) is 4.48. The number of carbonyl (C=O) groups is 1. The Labute approximate surface area is 148 Å². The van der Waals surface area contributed by atoms with E-state index in [0.717, 1.165) is 11.1 Å². The number of halogens is 1. The summed E-state index contributed by atoms with van der Waals surface area (Å²) in [6.07, 6.45) is 1.60. The van der Waals surface area contributed by atoms with Crippen molar-refractivity contribution < 1.29 is 13.7 Å². The topological polar surface area (TPSA) is 73.2 Å². The van der Waals surface area contributed by atoms with Gasteiger partial charge in [-0.1, -0.05) is 28.9 Å². The quantitative estimate of drug-likeness (QED) is 0.585. The average Bonchev–Trinajstić information content (AvgIpc) is 3.27. The van der Waals surface area contributed by atoms with Gasteiger partial charge in [-0.25, -0.2) is 0 Å². The Morgan fingerprint density at radius 1 is 1.24 bits per heavy atom. The number of aromatic nitrogens is 2. The fourth-order valence-corrected chi connectivity index (χ4v) is 2.84. The number of furan rings is 1. The molecule has 0 saturated heterocycles. The standard InChI is InChI=1S/C18H14ClN3O3/c1-11-8-17(21-25-11)20-18(23)15-9-16-14(6-7-24-16)22(15)10-12-2-4-13(19)5-3-12/h2-9H,10H2,1H3,(H,20,21,23). The summed E-state index contributed by atoms with van der Waals surface area (Å²) in [6.45, 7) is 2.28. The number of hydrogen-bond donors (Lipinski definition) is 1. The van der Waals surface area contributed by atoms with Crippen molar-refractivity contribution in [2.24, 2.45) is 0 Å². The molecule has 1 aromatic carbocycles. The van der Waals surface area contributed by atoms with Crippen LogP contribution >= 0.6 is 11.6 Å². The molecule has 0 aliphatic heterocycles. The molecule has 0 bridgehead atoms. The molecule has 0 atom stereocenters. The molecule has 0 fully saturated rings. The van der Waals surface area contributed by atoms with Crippen molar-refractivity contribution in [2.45, 2.75) is 13.5 Å². The summed E-state index contributed by atoms with van der Waals surface area (Å²) in [5, 5.41) is 7.20. The Hall–Kier alpha value is -2.99. The zero-order chi connectivity index (χ0) is 17.4. The van der Waals surface area contributed by atoms with E-state index in [-0.39, 0.29) is 5.91 Å². The first-order chi connectivity index (χ1) is 12.1. The lowest BCUT2D eigenvalue weighted by atomic mass is 10.2. The van der Waals surface area contributed by atoms with Gasteiger partial charge in [0.2, 0.25) is 0 Å². The maximum absolute atomic E-state index is 12.7. The fraction of sp³-hybridized carbons (Fsp3) is 0.111. The zero-order valence-electron chi connectivity index (χ0n) is 13.3. The van der Waals surface area contributed by atoms with Crippen LogP contribution in [-0.4, -0.2) is 15.6 Å². The summed E-state index contributed by atoms with van der Waals surface area (Å²) in [5.74, 6) is 0.715. The molecule has 0 aliphatic rings. The van der Waals surface area contributed by atoms with E-state index in [1.165, 1.54) is 0 Å². The third-order valence-corrected chi connectivity index (χ3v) is 4.13. The molecule has 3 aromatic heterocycles. The van der Waals surface area contributed by atoms with Gasteiger partial charge in [0.15, 0.2) is 11.4 Å². The summed E-state index contributed by atoms with van der Waals surface area (Å²) in [5.41, 5.74) is 2.99. The molecule has 7 heteroatoms. The highest BCUT2D eigenvalue weighted by atomic mass is 35.5. The predicted molar refractivity (Wildman–Crippen MR) is 94.0 cm³/mol. The minimum atomic E-state index is -0.284. The lowest BCUT2D eigenvalue weighted by molar-refractivity contribution is 0.101. The van der Waals surface area contributed by atoms with E-state index in [1.807, 2.05) is 34.9 Å². The monoisotopic (exact) mass is 355 g/mol. The van der Waals surface area contributed by atoms with Gasteiger partial charge in [0.25, 0.3) is 5.91 Å². The van der Waals surface area contributed by atoms with Gasteiger partial charge in [0.1, 0.15) is 11.5 Å². The van der Waals surface area contributed by atoms with Gasteiger partial charge < -0.3 is 18.8 Å². The number of carbonyl (C=O) groups excluding carboxylic acids is 1. The Kier molecular flexibility index (Phi) is 3.82. The van der Waals surface area contributed by atoms with E-state index in [0.29, 0.717) is 34.4 Å². The molecule has 1 amide bonds. The van der Waals surface area contributed by atoms with E-state index in [1.54, 1.807) is 25.3 Å². The normalized spacial score (nSPS) is 11.1. The first-order valence-corrected chi connectivity index (χ1v) is 8.04. The third-order valence-electron chi connectivity index (χ3n) is 3.88. The van der Waals surface area contributed by atoms with Crippen molar-refractivity contribution >= 4 is 34.4 Å². The Balaban J connectivity index is 1.69. The molecule has 0 unspecified atom stereocenters. The number of aryl methyl sites for hydroxylation is 1. The summed E-state index contributed by atoms with van der Waals surface area (Å²) in [7, 11) is 0. The van der Waals surface area contributed by atoms with Crippen molar-refractivity contribution in [1.29, 1.82) is 0 Å². The fourth-order valence-electron chi connectivity index (χ4n) is 2.71. The van der Waals surface area contributed by atoms with Crippen molar-refractivity contribution in [3.05, 3.63) is 70.8 Å². The van der Waals surface area contributed by atoms with Crippen LogP contribution in [0.5, 0.6) is 0 Å². The highest BCUT2D eigenvalue weighted by molar-refractivity contribution is 6.30. The largest absolute Gasteiger partial charge is 0.463 e. The van der Waals surface area contributed by atoms with Crippen LogP contribution in [0.3, 0.4) is 0 Å². The number of benzene rings is 1. The second-order valence-electron chi connectivity index (χ2n) is 5.69. The molecule has 1 N–H and O–H groups in total. The first-order valence-electron chi connectivity index (χ1n) is 7.66. The molecule has 25 heavy (non-hydrogen) atoms. The van der Waals surface area contributed by atoms with Crippen molar-refractivity contribution in [2.75, 3.05) is 5.32 Å². The Morgan fingerprint density at radius 2 is 2.04 bits per heavy atom. The maximum atomic E-state index is 12.7. The molecular formula is C18H14ClN3O3. The maximum Gasteiger partial charge on any atom is 0.273 e. The molecule has 0 saturated carbocycles. The molecule has 4 aromatic rings. The van der Waals surface area contributed by atoms with Crippen LogP contribution in [-0.2, 0) is 6.54 Å². The summed E-state index contributed by atoms with van der Waals surface area (Å²) < 4.78 is 12.3. The van der Waals surface area contributed by atoms with Gasteiger partial charge >= 0.3 is 0 Å². The van der Waals surface area contributed by atoms with Crippen LogP contribution in [0.15, 0.2) is 57.7 Å². The van der Waals surface area contributed by atoms with Gasteiger partial charge in [-0.05, 0) is 24.6 Å². The van der Waals surface area contributed by atoms with Gasteiger partial charge in [-0.3, -0.25) is 4.79 Å². The SMILES string of the molecule is Cc1cc(NC(=O)c2cc3occc3n2Cc2ccc(Cl)cc2)no1. The van der Waals surface area contributed by atoms with Crippen LogP contribution in [0, 0.1) is 6.92 Å². The van der Waals surface area contributed by atoms with E-state index in [4.69, 9.17) is 20.5 Å². The highest BCUT2D eigenvalue weighted by Crippen LogP contribution is 2.24. The van der Waals surface area contributed by atoms with Gasteiger partial charge in [0.05, 0.1) is 11.8 Å². The first kappa shape index (κ1) is 15.5. The lowest BCUT2D eigenvalue weighted by Crippen LogP contribution is -2.17.